The summed E-state index contributed by atoms with van der Waals surface area (Å²) < 4.78 is 0. The van der Waals surface area contributed by atoms with Crippen molar-refractivity contribution in [3.63, 3.8) is 0 Å². The molecule has 16 heavy (non-hydrogen) atoms. The summed E-state index contributed by atoms with van der Waals surface area (Å²) in [6.45, 7) is 1.96. The van der Waals surface area contributed by atoms with Crippen molar-refractivity contribution in [3.05, 3.63) is 16.6 Å². The second kappa shape index (κ2) is 6.22. The average Bonchev–Trinajstić information content (AvgIpc) is 2.75. The van der Waals surface area contributed by atoms with Crippen LogP contribution >= 0.6 is 11.3 Å². The first-order valence-corrected chi connectivity index (χ1v) is 5.94. The van der Waals surface area contributed by atoms with E-state index in [1.807, 2.05) is 5.38 Å². The zero-order valence-electron chi connectivity index (χ0n) is 9.05. The van der Waals surface area contributed by atoms with Crippen molar-refractivity contribution in [2.45, 2.75) is 19.8 Å². The first-order chi connectivity index (χ1) is 7.63. The molecule has 1 aromatic rings. The van der Waals surface area contributed by atoms with Gasteiger partial charge in [0, 0.05) is 18.3 Å². The number of aryl methyl sites for hydroxylation is 1. The summed E-state index contributed by atoms with van der Waals surface area (Å²) in [6.07, 6.45) is 0.878. The maximum absolute atomic E-state index is 11.6. The first-order valence-electron chi connectivity index (χ1n) is 5.00. The molecule has 0 radical (unpaired) electrons. The molecule has 0 unspecified atom stereocenters. The Hall–Kier alpha value is -1.43. The van der Waals surface area contributed by atoms with Crippen molar-refractivity contribution >= 4 is 23.2 Å². The fourth-order valence-corrected chi connectivity index (χ4v) is 1.89. The van der Waals surface area contributed by atoms with Crippen LogP contribution in [0.15, 0.2) is 10.9 Å². The monoisotopic (exact) mass is 242 g/mol. The fraction of sp³-hybridized carbons (Fsp3) is 0.500. The molecular formula is C10H14N2O3S. The summed E-state index contributed by atoms with van der Waals surface area (Å²) >= 11 is 1.49. The zero-order chi connectivity index (χ0) is 12.0. The SMILES string of the molecule is CCN(CC(=O)O)C(=O)CCc1cscn1. The smallest absolute Gasteiger partial charge is 0.323 e. The van der Waals surface area contributed by atoms with E-state index < -0.39 is 5.97 Å². The van der Waals surface area contributed by atoms with Crippen LogP contribution in [-0.2, 0) is 16.0 Å². The van der Waals surface area contributed by atoms with E-state index >= 15 is 0 Å². The van der Waals surface area contributed by atoms with E-state index in [0.717, 1.165) is 5.69 Å². The number of nitrogens with zero attached hydrogens (tertiary/aromatic N) is 2. The van der Waals surface area contributed by atoms with Gasteiger partial charge in [0.1, 0.15) is 6.54 Å². The number of amides is 1. The standard InChI is InChI=1S/C10H14N2O3S/c1-2-12(5-10(14)15)9(13)4-3-8-6-16-7-11-8/h6-7H,2-5H2,1H3,(H,14,15). The molecule has 1 rings (SSSR count). The van der Waals surface area contributed by atoms with Gasteiger partial charge in [0.2, 0.25) is 5.91 Å². The Balaban J connectivity index is 2.40. The number of hydrogen-bond donors (Lipinski definition) is 1. The molecule has 0 fully saturated rings. The molecule has 0 saturated heterocycles. The minimum Gasteiger partial charge on any atom is -0.480 e. The third kappa shape index (κ3) is 3.98. The Kier molecular flexibility index (Phi) is 4.91. The van der Waals surface area contributed by atoms with Crippen molar-refractivity contribution in [1.82, 2.24) is 9.88 Å². The number of carbonyl (C=O) groups is 2. The number of aromatic nitrogens is 1. The molecule has 0 bridgehead atoms. The van der Waals surface area contributed by atoms with Crippen LogP contribution < -0.4 is 0 Å². The van der Waals surface area contributed by atoms with Gasteiger partial charge in [-0.25, -0.2) is 4.98 Å². The zero-order valence-corrected chi connectivity index (χ0v) is 9.87. The van der Waals surface area contributed by atoms with E-state index in [-0.39, 0.29) is 12.5 Å². The Morgan fingerprint density at radius 1 is 1.56 bits per heavy atom. The highest BCUT2D eigenvalue weighted by Crippen LogP contribution is 2.05. The summed E-state index contributed by atoms with van der Waals surface area (Å²) in [5.41, 5.74) is 2.60. The number of carboxylic acids is 1. The summed E-state index contributed by atoms with van der Waals surface area (Å²) in [5.74, 6) is -1.12. The van der Waals surface area contributed by atoms with E-state index in [9.17, 15) is 9.59 Å². The maximum Gasteiger partial charge on any atom is 0.323 e. The Bertz CT molecular complexity index is 351. The molecule has 0 aliphatic heterocycles. The minimum atomic E-state index is -0.983. The first kappa shape index (κ1) is 12.6. The second-order valence-corrected chi connectivity index (χ2v) is 4.00. The van der Waals surface area contributed by atoms with Crippen LogP contribution in [-0.4, -0.2) is 40.0 Å². The molecule has 0 aliphatic rings. The number of rotatable bonds is 6. The highest BCUT2D eigenvalue weighted by Gasteiger charge is 2.14. The highest BCUT2D eigenvalue weighted by atomic mass is 32.1. The molecule has 0 saturated carbocycles. The van der Waals surface area contributed by atoms with Crippen molar-refractivity contribution in [1.29, 1.82) is 0 Å². The predicted molar refractivity (Wildman–Crippen MR) is 60.3 cm³/mol. The Labute approximate surface area is 97.7 Å². The van der Waals surface area contributed by atoms with E-state index in [1.165, 1.54) is 16.2 Å². The quantitative estimate of drug-likeness (QED) is 0.808. The summed E-state index contributed by atoms with van der Waals surface area (Å²) in [5, 5.41) is 10.5. The normalized spacial score (nSPS) is 10.1. The number of thiazole rings is 1. The van der Waals surface area contributed by atoms with Gasteiger partial charge >= 0.3 is 5.97 Å². The van der Waals surface area contributed by atoms with Gasteiger partial charge in [0.25, 0.3) is 0 Å². The van der Waals surface area contributed by atoms with Gasteiger partial charge < -0.3 is 10.0 Å². The van der Waals surface area contributed by atoms with Crippen LogP contribution in [0.4, 0.5) is 0 Å². The minimum absolute atomic E-state index is 0.141. The number of likely N-dealkylation sites (N-methyl/N-ethyl adjacent to an activating group) is 1. The third-order valence-corrected chi connectivity index (χ3v) is 2.77. The van der Waals surface area contributed by atoms with Gasteiger partial charge in [-0.15, -0.1) is 11.3 Å². The molecule has 6 heteroatoms. The van der Waals surface area contributed by atoms with Crippen molar-refractivity contribution in [2.24, 2.45) is 0 Å². The predicted octanol–water partition coefficient (Wildman–Crippen LogP) is 1.01. The van der Waals surface area contributed by atoms with Crippen molar-refractivity contribution in [3.8, 4) is 0 Å². The van der Waals surface area contributed by atoms with Crippen molar-refractivity contribution in [2.75, 3.05) is 13.1 Å². The lowest BCUT2D eigenvalue weighted by Crippen LogP contribution is -2.35. The Morgan fingerprint density at radius 2 is 2.31 bits per heavy atom. The van der Waals surface area contributed by atoms with Crippen molar-refractivity contribution < 1.29 is 14.7 Å². The summed E-state index contributed by atoms with van der Waals surface area (Å²) in [7, 11) is 0. The van der Waals surface area contributed by atoms with Gasteiger partial charge in [0.05, 0.1) is 11.2 Å². The van der Waals surface area contributed by atoms with Crippen LogP contribution in [0.1, 0.15) is 19.0 Å². The molecule has 0 spiro atoms. The van der Waals surface area contributed by atoms with Crippen LogP contribution in [0.5, 0.6) is 0 Å². The Morgan fingerprint density at radius 3 is 2.81 bits per heavy atom. The summed E-state index contributed by atoms with van der Waals surface area (Å²) in [6, 6.07) is 0. The molecule has 5 nitrogen and oxygen atoms in total. The van der Waals surface area contributed by atoms with Gasteiger partial charge in [-0.3, -0.25) is 9.59 Å². The number of aliphatic carboxylic acids is 1. The molecule has 1 heterocycles. The molecule has 88 valence electrons. The van der Waals surface area contributed by atoms with E-state index in [1.54, 1.807) is 12.4 Å². The molecule has 1 N–H and O–H groups in total. The lowest BCUT2D eigenvalue weighted by molar-refractivity contribution is -0.144. The van der Waals surface area contributed by atoms with E-state index in [4.69, 9.17) is 5.11 Å². The van der Waals surface area contributed by atoms with Crippen LogP contribution in [0, 0.1) is 0 Å². The van der Waals surface area contributed by atoms with Gasteiger partial charge in [0.15, 0.2) is 0 Å². The molecule has 0 aliphatic carbocycles. The van der Waals surface area contributed by atoms with Gasteiger partial charge in [-0.1, -0.05) is 0 Å². The number of carbonyl (C=O) groups excluding carboxylic acids is 1. The largest absolute Gasteiger partial charge is 0.480 e. The van der Waals surface area contributed by atoms with Gasteiger partial charge in [-0.2, -0.15) is 0 Å². The topological polar surface area (TPSA) is 70.5 Å². The summed E-state index contributed by atoms with van der Waals surface area (Å²) in [4.78, 5) is 27.5. The van der Waals surface area contributed by atoms with Crippen LogP contribution in [0.25, 0.3) is 0 Å². The fourth-order valence-electron chi connectivity index (χ4n) is 1.29. The van der Waals surface area contributed by atoms with Gasteiger partial charge in [-0.05, 0) is 13.3 Å². The molecular weight excluding hydrogens is 228 g/mol. The maximum atomic E-state index is 11.6. The number of hydrogen-bond acceptors (Lipinski definition) is 4. The molecule has 1 amide bonds. The molecule has 1 aromatic heterocycles. The average molecular weight is 242 g/mol. The van der Waals surface area contributed by atoms with E-state index in [0.29, 0.717) is 19.4 Å². The van der Waals surface area contributed by atoms with E-state index in [2.05, 4.69) is 4.98 Å². The highest BCUT2D eigenvalue weighted by molar-refractivity contribution is 7.07. The van der Waals surface area contributed by atoms with Crippen LogP contribution in [0.2, 0.25) is 0 Å². The third-order valence-electron chi connectivity index (χ3n) is 2.14. The lowest BCUT2D eigenvalue weighted by Gasteiger charge is -2.17. The molecule has 0 aromatic carbocycles. The second-order valence-electron chi connectivity index (χ2n) is 3.28. The number of carboxylic acid groups (broad SMARTS) is 1. The molecule has 0 atom stereocenters. The van der Waals surface area contributed by atoms with Crippen LogP contribution in [0.3, 0.4) is 0 Å². The lowest BCUT2D eigenvalue weighted by atomic mass is 10.2.